The van der Waals surface area contributed by atoms with Crippen LogP contribution in [0.15, 0.2) is 34.9 Å². The normalized spacial score (nSPS) is 10.2. The first kappa shape index (κ1) is 16.6. The van der Waals surface area contributed by atoms with E-state index in [0.717, 1.165) is 11.3 Å². The van der Waals surface area contributed by atoms with Gasteiger partial charge in [0.25, 0.3) is 0 Å². The molecule has 0 saturated heterocycles. The molecule has 122 valence electrons. The molecule has 6 heteroatoms. The molecule has 0 amide bonds. The highest BCUT2D eigenvalue weighted by Gasteiger charge is 2.16. The minimum Gasteiger partial charge on any atom is -0.467 e. The number of ether oxygens (including phenoxy) is 2. The van der Waals surface area contributed by atoms with Gasteiger partial charge in [-0.15, -0.1) is 0 Å². The monoisotopic (exact) mass is 317 g/mol. The molecule has 0 aliphatic heterocycles. The number of methoxy groups -OCH3 is 1. The van der Waals surface area contributed by atoms with Crippen LogP contribution in [0.3, 0.4) is 0 Å². The van der Waals surface area contributed by atoms with Crippen molar-refractivity contribution in [3.8, 4) is 0 Å². The van der Waals surface area contributed by atoms with E-state index < -0.39 is 5.97 Å². The molecule has 0 saturated carbocycles. The highest BCUT2D eigenvalue weighted by Crippen LogP contribution is 2.20. The highest BCUT2D eigenvalue weighted by molar-refractivity contribution is 5.91. The lowest BCUT2D eigenvalue weighted by molar-refractivity contribution is 0.0523. The number of anilines is 1. The van der Waals surface area contributed by atoms with Gasteiger partial charge in [0.1, 0.15) is 11.3 Å². The fraction of sp³-hybridized carbons (Fsp3) is 0.294. The summed E-state index contributed by atoms with van der Waals surface area (Å²) >= 11 is 0. The Morgan fingerprint density at radius 2 is 2.00 bits per heavy atom. The summed E-state index contributed by atoms with van der Waals surface area (Å²) in [6, 6.07) is 6.79. The van der Waals surface area contributed by atoms with Gasteiger partial charge in [0.15, 0.2) is 0 Å². The summed E-state index contributed by atoms with van der Waals surface area (Å²) in [5.41, 5.74) is 2.62. The average molecular weight is 317 g/mol. The number of furan rings is 1. The molecule has 0 radical (unpaired) electrons. The first-order valence-corrected chi connectivity index (χ1v) is 7.23. The van der Waals surface area contributed by atoms with Crippen molar-refractivity contribution in [3.05, 3.63) is 53.0 Å². The number of aryl methyl sites for hydroxylation is 1. The van der Waals surface area contributed by atoms with Gasteiger partial charge in [-0.3, -0.25) is 0 Å². The first-order chi connectivity index (χ1) is 11.1. The Hall–Kier alpha value is -2.76. The number of esters is 2. The number of rotatable bonds is 6. The quantitative estimate of drug-likeness (QED) is 0.825. The Bertz CT molecular complexity index is 705. The van der Waals surface area contributed by atoms with E-state index in [2.05, 4.69) is 10.1 Å². The summed E-state index contributed by atoms with van der Waals surface area (Å²) in [5.74, 6) is -0.286. The molecular formula is C17H19NO5. The van der Waals surface area contributed by atoms with Crippen LogP contribution >= 0.6 is 0 Å². The van der Waals surface area contributed by atoms with E-state index in [4.69, 9.17) is 9.15 Å². The third kappa shape index (κ3) is 3.91. The first-order valence-electron chi connectivity index (χ1n) is 7.23. The second-order valence-electron chi connectivity index (χ2n) is 4.85. The molecule has 0 fully saturated rings. The van der Waals surface area contributed by atoms with Crippen LogP contribution in [-0.2, 0) is 16.0 Å². The average Bonchev–Trinajstić information content (AvgIpc) is 3.01. The van der Waals surface area contributed by atoms with E-state index in [1.807, 2.05) is 6.92 Å². The van der Waals surface area contributed by atoms with Crippen LogP contribution in [0.1, 0.15) is 39.0 Å². The van der Waals surface area contributed by atoms with E-state index >= 15 is 0 Å². The van der Waals surface area contributed by atoms with Crippen LogP contribution in [-0.4, -0.2) is 25.7 Å². The van der Waals surface area contributed by atoms with Crippen molar-refractivity contribution in [2.45, 2.75) is 20.4 Å². The molecule has 0 spiro atoms. The van der Waals surface area contributed by atoms with Crippen LogP contribution < -0.4 is 5.32 Å². The molecule has 6 nitrogen and oxygen atoms in total. The number of hydrogen-bond donors (Lipinski definition) is 1. The molecule has 1 N–H and O–H groups in total. The lowest BCUT2D eigenvalue weighted by Gasteiger charge is -2.10. The van der Waals surface area contributed by atoms with Gasteiger partial charge in [-0.1, -0.05) is 0 Å². The Morgan fingerprint density at radius 3 is 2.65 bits per heavy atom. The molecule has 1 aromatic heterocycles. The molecule has 0 atom stereocenters. The number of carbonyl (C=O) groups excluding carboxylic acids is 2. The van der Waals surface area contributed by atoms with Gasteiger partial charge >= 0.3 is 11.9 Å². The number of carbonyl (C=O) groups is 2. The summed E-state index contributed by atoms with van der Waals surface area (Å²) < 4.78 is 15.0. The third-order valence-electron chi connectivity index (χ3n) is 3.33. The fourth-order valence-electron chi connectivity index (χ4n) is 2.15. The highest BCUT2D eigenvalue weighted by atomic mass is 16.5. The van der Waals surface area contributed by atoms with Crippen molar-refractivity contribution in [2.24, 2.45) is 0 Å². The van der Waals surface area contributed by atoms with Crippen LogP contribution in [0, 0.1) is 6.92 Å². The molecule has 0 unspecified atom stereocenters. The van der Waals surface area contributed by atoms with Gasteiger partial charge in [-0.05, 0) is 43.7 Å². The zero-order chi connectivity index (χ0) is 16.8. The molecular weight excluding hydrogens is 298 g/mol. The number of hydrogen-bond acceptors (Lipinski definition) is 6. The van der Waals surface area contributed by atoms with Crippen molar-refractivity contribution in [1.82, 2.24) is 0 Å². The third-order valence-corrected chi connectivity index (χ3v) is 3.33. The summed E-state index contributed by atoms with van der Waals surface area (Å²) in [6.07, 6.45) is 1.45. The number of nitrogens with one attached hydrogen (secondary N) is 1. The molecule has 2 aromatic rings. The van der Waals surface area contributed by atoms with E-state index in [1.54, 1.807) is 31.2 Å². The lowest BCUT2D eigenvalue weighted by Crippen LogP contribution is -2.09. The second-order valence-corrected chi connectivity index (χ2v) is 4.85. The molecule has 1 heterocycles. The van der Waals surface area contributed by atoms with Gasteiger partial charge in [-0.25, -0.2) is 9.59 Å². The smallest absolute Gasteiger partial charge is 0.341 e. The van der Waals surface area contributed by atoms with E-state index in [0.29, 0.717) is 30.0 Å². The van der Waals surface area contributed by atoms with Gasteiger partial charge < -0.3 is 19.2 Å². The largest absolute Gasteiger partial charge is 0.467 e. The van der Waals surface area contributed by atoms with Crippen molar-refractivity contribution in [3.63, 3.8) is 0 Å². The fourth-order valence-corrected chi connectivity index (χ4v) is 2.15. The van der Waals surface area contributed by atoms with Crippen molar-refractivity contribution < 1.29 is 23.5 Å². The molecule has 0 bridgehead atoms. The molecule has 0 aliphatic carbocycles. The SMILES string of the molecule is CCOC(=O)c1ccoc1CNc1ccc(C(=O)OC)cc1C. The zero-order valence-corrected chi connectivity index (χ0v) is 13.3. The van der Waals surface area contributed by atoms with Crippen molar-refractivity contribution in [2.75, 3.05) is 19.0 Å². The van der Waals surface area contributed by atoms with E-state index in [1.165, 1.54) is 13.4 Å². The van der Waals surface area contributed by atoms with Crippen LogP contribution in [0.4, 0.5) is 5.69 Å². The molecule has 1 aromatic carbocycles. The maximum atomic E-state index is 11.8. The zero-order valence-electron chi connectivity index (χ0n) is 13.3. The predicted octanol–water partition coefficient (Wildman–Crippen LogP) is 3.16. The Balaban J connectivity index is 2.09. The lowest BCUT2D eigenvalue weighted by atomic mass is 10.1. The summed E-state index contributed by atoms with van der Waals surface area (Å²) in [5, 5.41) is 3.18. The van der Waals surface area contributed by atoms with Gasteiger partial charge in [0.05, 0.1) is 32.1 Å². The molecule has 23 heavy (non-hydrogen) atoms. The standard InChI is InChI=1S/C17H19NO5/c1-4-22-17(20)13-7-8-23-15(13)10-18-14-6-5-12(9-11(14)2)16(19)21-3/h5-9,18H,4,10H2,1-3H3. The second kappa shape index (κ2) is 7.49. The van der Waals surface area contributed by atoms with Gasteiger partial charge in [0.2, 0.25) is 0 Å². The maximum absolute atomic E-state index is 11.8. The summed E-state index contributed by atoms with van der Waals surface area (Å²) in [4.78, 5) is 23.3. The Kier molecular flexibility index (Phi) is 5.41. The minimum atomic E-state index is -0.407. The van der Waals surface area contributed by atoms with Crippen LogP contribution in [0.25, 0.3) is 0 Å². The minimum absolute atomic E-state index is 0.310. The van der Waals surface area contributed by atoms with Crippen LogP contribution in [0.2, 0.25) is 0 Å². The summed E-state index contributed by atoms with van der Waals surface area (Å²) in [7, 11) is 1.34. The topological polar surface area (TPSA) is 77.8 Å². The van der Waals surface area contributed by atoms with Crippen LogP contribution in [0.5, 0.6) is 0 Å². The van der Waals surface area contributed by atoms with E-state index in [-0.39, 0.29) is 5.97 Å². The van der Waals surface area contributed by atoms with Crippen molar-refractivity contribution >= 4 is 17.6 Å². The number of benzene rings is 1. The van der Waals surface area contributed by atoms with E-state index in [9.17, 15) is 9.59 Å². The summed E-state index contributed by atoms with van der Waals surface area (Å²) in [6.45, 7) is 4.27. The maximum Gasteiger partial charge on any atom is 0.341 e. The van der Waals surface area contributed by atoms with Gasteiger partial charge in [-0.2, -0.15) is 0 Å². The van der Waals surface area contributed by atoms with Crippen molar-refractivity contribution in [1.29, 1.82) is 0 Å². The molecule has 0 aliphatic rings. The Labute approximate surface area is 134 Å². The predicted molar refractivity (Wildman–Crippen MR) is 84.5 cm³/mol. The van der Waals surface area contributed by atoms with Gasteiger partial charge in [0, 0.05) is 5.69 Å². The molecule has 2 rings (SSSR count). The Morgan fingerprint density at radius 1 is 1.22 bits per heavy atom.